The quantitative estimate of drug-likeness (QED) is 0.788. The molecule has 0 bridgehead atoms. The zero-order valence-corrected chi connectivity index (χ0v) is 15.9. The summed E-state index contributed by atoms with van der Waals surface area (Å²) < 4.78 is 4.99. The van der Waals surface area contributed by atoms with Crippen LogP contribution in [0.2, 0.25) is 0 Å². The van der Waals surface area contributed by atoms with Crippen molar-refractivity contribution in [2.75, 3.05) is 20.2 Å². The molecule has 3 heterocycles. The van der Waals surface area contributed by atoms with E-state index in [0.717, 1.165) is 5.56 Å². The number of hydrogen-bond acceptors (Lipinski definition) is 6. The van der Waals surface area contributed by atoms with Crippen molar-refractivity contribution in [2.24, 2.45) is 5.92 Å². The molecule has 2 saturated heterocycles. The molecular formula is C21H21N3O5. The third-order valence-corrected chi connectivity index (χ3v) is 5.54. The van der Waals surface area contributed by atoms with Crippen molar-refractivity contribution < 1.29 is 24.2 Å². The van der Waals surface area contributed by atoms with Crippen LogP contribution in [0.25, 0.3) is 0 Å². The standard InChI is InChI=1S/C21H21N3O5/c1-29-21(28)16-9-14-11-23(20(27)17-8-7-15(25)10-22-17)12-18(26)24(14)19(16)13-5-3-2-4-6-13/h2-8,10,14,16,19,25H,9,11-12H2,1H3/t14-,16-,19-/m0/s1. The van der Waals surface area contributed by atoms with Crippen LogP contribution in [-0.2, 0) is 14.3 Å². The molecule has 3 atom stereocenters. The van der Waals surface area contributed by atoms with E-state index in [0.29, 0.717) is 13.0 Å². The topological polar surface area (TPSA) is 100 Å². The first kappa shape index (κ1) is 18.9. The Labute approximate surface area is 167 Å². The number of fused-ring (bicyclic) bond motifs is 1. The predicted octanol–water partition coefficient (Wildman–Crippen LogP) is 1.37. The Morgan fingerprint density at radius 2 is 1.93 bits per heavy atom. The highest BCUT2D eigenvalue weighted by Gasteiger charge is 2.51. The van der Waals surface area contributed by atoms with Crippen LogP contribution in [0.1, 0.15) is 28.5 Å². The monoisotopic (exact) mass is 395 g/mol. The second-order valence-corrected chi connectivity index (χ2v) is 7.26. The first-order chi connectivity index (χ1) is 14.0. The van der Waals surface area contributed by atoms with E-state index in [-0.39, 0.29) is 41.8 Å². The first-order valence-electron chi connectivity index (χ1n) is 9.38. The number of rotatable bonds is 3. The molecule has 0 spiro atoms. The number of carbonyl (C=O) groups is 3. The van der Waals surface area contributed by atoms with Gasteiger partial charge in [0.25, 0.3) is 5.91 Å². The fourth-order valence-electron chi connectivity index (χ4n) is 4.29. The lowest BCUT2D eigenvalue weighted by molar-refractivity contribution is -0.147. The summed E-state index contributed by atoms with van der Waals surface area (Å²) >= 11 is 0. The van der Waals surface area contributed by atoms with E-state index in [1.54, 1.807) is 4.90 Å². The normalized spacial score (nSPS) is 23.6. The van der Waals surface area contributed by atoms with Gasteiger partial charge in [-0.25, -0.2) is 4.98 Å². The molecule has 0 unspecified atom stereocenters. The highest BCUT2D eigenvalue weighted by Crippen LogP contribution is 2.43. The van der Waals surface area contributed by atoms with Crippen LogP contribution in [-0.4, -0.2) is 63.9 Å². The molecule has 2 aliphatic heterocycles. The van der Waals surface area contributed by atoms with Crippen molar-refractivity contribution in [1.82, 2.24) is 14.8 Å². The molecule has 8 nitrogen and oxygen atoms in total. The summed E-state index contributed by atoms with van der Waals surface area (Å²) in [5, 5.41) is 9.36. The molecule has 150 valence electrons. The summed E-state index contributed by atoms with van der Waals surface area (Å²) in [5.41, 5.74) is 1.03. The van der Waals surface area contributed by atoms with Gasteiger partial charge >= 0.3 is 5.97 Å². The van der Waals surface area contributed by atoms with Crippen molar-refractivity contribution in [2.45, 2.75) is 18.5 Å². The third-order valence-electron chi connectivity index (χ3n) is 5.54. The van der Waals surface area contributed by atoms with Crippen molar-refractivity contribution in [3.05, 3.63) is 59.9 Å². The summed E-state index contributed by atoms with van der Waals surface area (Å²) in [5.74, 6) is -1.48. The fourth-order valence-corrected chi connectivity index (χ4v) is 4.29. The Hall–Kier alpha value is -3.42. The number of methoxy groups -OCH3 is 1. The van der Waals surface area contributed by atoms with Crippen molar-refractivity contribution in [1.29, 1.82) is 0 Å². The minimum Gasteiger partial charge on any atom is -0.506 e. The molecule has 1 aromatic heterocycles. The van der Waals surface area contributed by atoms with Crippen molar-refractivity contribution in [3.8, 4) is 5.75 Å². The van der Waals surface area contributed by atoms with Crippen LogP contribution in [0.4, 0.5) is 0 Å². The number of amides is 2. The van der Waals surface area contributed by atoms with E-state index in [2.05, 4.69) is 4.98 Å². The van der Waals surface area contributed by atoms with Gasteiger partial charge in [0.15, 0.2) is 0 Å². The maximum absolute atomic E-state index is 13.0. The second-order valence-electron chi connectivity index (χ2n) is 7.26. The number of esters is 1. The molecule has 0 radical (unpaired) electrons. The van der Waals surface area contributed by atoms with Gasteiger partial charge in [-0.1, -0.05) is 30.3 Å². The van der Waals surface area contributed by atoms with Crippen LogP contribution in [0.15, 0.2) is 48.7 Å². The van der Waals surface area contributed by atoms with Crippen LogP contribution in [0, 0.1) is 5.92 Å². The Bertz CT molecular complexity index is 931. The van der Waals surface area contributed by atoms with E-state index in [1.165, 1.54) is 30.3 Å². The highest BCUT2D eigenvalue weighted by molar-refractivity contribution is 5.96. The number of hydrogen-bond donors (Lipinski definition) is 1. The van der Waals surface area contributed by atoms with Gasteiger partial charge in [-0.3, -0.25) is 14.4 Å². The SMILES string of the molecule is COC(=O)[C@H]1C[C@H]2CN(C(=O)c3ccc(O)cn3)CC(=O)N2[C@H]1c1ccccc1. The summed E-state index contributed by atoms with van der Waals surface area (Å²) in [6.07, 6.45) is 1.62. The second kappa shape index (κ2) is 7.54. The zero-order chi connectivity index (χ0) is 20.5. The van der Waals surface area contributed by atoms with E-state index in [4.69, 9.17) is 4.74 Å². The molecule has 8 heteroatoms. The fraction of sp³-hybridized carbons (Fsp3) is 0.333. The van der Waals surface area contributed by atoms with Gasteiger partial charge in [-0.05, 0) is 24.1 Å². The Morgan fingerprint density at radius 3 is 2.59 bits per heavy atom. The van der Waals surface area contributed by atoms with Gasteiger partial charge in [0.2, 0.25) is 5.91 Å². The summed E-state index contributed by atoms with van der Waals surface area (Å²) in [7, 11) is 1.34. The number of ether oxygens (including phenoxy) is 1. The first-order valence-corrected chi connectivity index (χ1v) is 9.38. The van der Waals surface area contributed by atoms with E-state index in [9.17, 15) is 19.5 Å². The molecular weight excluding hydrogens is 374 g/mol. The molecule has 2 aliphatic rings. The molecule has 29 heavy (non-hydrogen) atoms. The van der Waals surface area contributed by atoms with E-state index >= 15 is 0 Å². The Kier molecular flexibility index (Phi) is 4.92. The van der Waals surface area contributed by atoms with E-state index < -0.39 is 12.0 Å². The Balaban J connectivity index is 1.61. The molecule has 1 aromatic carbocycles. The average Bonchev–Trinajstić information content (AvgIpc) is 3.14. The minimum atomic E-state index is -0.488. The number of aromatic nitrogens is 1. The molecule has 4 rings (SSSR count). The van der Waals surface area contributed by atoms with Gasteiger partial charge in [0, 0.05) is 6.54 Å². The maximum atomic E-state index is 13.0. The number of aromatic hydroxyl groups is 1. The van der Waals surface area contributed by atoms with Crippen LogP contribution in [0.3, 0.4) is 0 Å². The van der Waals surface area contributed by atoms with Gasteiger partial charge in [-0.15, -0.1) is 0 Å². The summed E-state index contributed by atoms with van der Waals surface area (Å²) in [6.45, 7) is 0.221. The summed E-state index contributed by atoms with van der Waals surface area (Å²) in [4.78, 5) is 45.4. The van der Waals surface area contributed by atoms with Crippen LogP contribution >= 0.6 is 0 Å². The number of nitrogens with zero attached hydrogens (tertiary/aromatic N) is 3. The van der Waals surface area contributed by atoms with Gasteiger partial charge in [-0.2, -0.15) is 0 Å². The Morgan fingerprint density at radius 1 is 1.17 bits per heavy atom. The lowest BCUT2D eigenvalue weighted by Crippen LogP contribution is -2.56. The number of carbonyl (C=O) groups excluding carboxylic acids is 3. The average molecular weight is 395 g/mol. The zero-order valence-electron chi connectivity index (χ0n) is 15.9. The highest BCUT2D eigenvalue weighted by atomic mass is 16.5. The van der Waals surface area contributed by atoms with Crippen molar-refractivity contribution in [3.63, 3.8) is 0 Å². The number of piperazine rings is 1. The molecule has 2 aromatic rings. The lowest BCUT2D eigenvalue weighted by Gasteiger charge is -2.40. The molecule has 1 N–H and O–H groups in total. The summed E-state index contributed by atoms with van der Waals surface area (Å²) in [6, 6.07) is 11.5. The van der Waals surface area contributed by atoms with Gasteiger partial charge in [0.05, 0.1) is 31.3 Å². The van der Waals surface area contributed by atoms with Gasteiger partial charge in [0.1, 0.15) is 18.0 Å². The van der Waals surface area contributed by atoms with Crippen LogP contribution < -0.4 is 0 Å². The smallest absolute Gasteiger partial charge is 0.311 e. The molecule has 0 saturated carbocycles. The van der Waals surface area contributed by atoms with E-state index in [1.807, 2.05) is 30.3 Å². The molecule has 0 aliphatic carbocycles. The third kappa shape index (κ3) is 3.41. The molecule has 2 amide bonds. The largest absolute Gasteiger partial charge is 0.506 e. The van der Waals surface area contributed by atoms with Crippen molar-refractivity contribution >= 4 is 17.8 Å². The number of pyridine rings is 1. The molecule has 2 fully saturated rings. The minimum absolute atomic E-state index is 0.0372. The maximum Gasteiger partial charge on any atom is 0.311 e. The lowest BCUT2D eigenvalue weighted by atomic mass is 9.93. The predicted molar refractivity (Wildman–Crippen MR) is 102 cm³/mol. The van der Waals surface area contributed by atoms with Gasteiger partial charge < -0.3 is 19.6 Å². The number of benzene rings is 1. The van der Waals surface area contributed by atoms with Crippen LogP contribution in [0.5, 0.6) is 5.75 Å².